The predicted molar refractivity (Wildman–Crippen MR) is 122 cm³/mol. The largest absolute Gasteiger partial charge is 0.331 e. The number of halogens is 1. The van der Waals surface area contributed by atoms with Gasteiger partial charge in [-0.2, -0.15) is 0 Å². The molecule has 148 valence electrons. The molecule has 2 aromatic carbocycles. The Hall–Kier alpha value is -2.57. The van der Waals surface area contributed by atoms with Gasteiger partial charge in [-0.25, -0.2) is 9.98 Å². The Morgan fingerprint density at radius 1 is 1.21 bits per heavy atom. The molecule has 0 unspecified atom stereocenters. The maximum atomic E-state index is 12.4. The van der Waals surface area contributed by atoms with E-state index < -0.39 is 0 Å². The lowest BCUT2D eigenvalue weighted by molar-refractivity contribution is -0.115. The number of hydrogen-bond acceptors (Lipinski definition) is 4. The lowest BCUT2D eigenvalue weighted by atomic mass is 9.96. The van der Waals surface area contributed by atoms with E-state index in [9.17, 15) is 4.79 Å². The third-order valence-corrected chi connectivity index (χ3v) is 5.83. The van der Waals surface area contributed by atoms with Crippen LogP contribution in [0, 0.1) is 0 Å². The first-order chi connectivity index (χ1) is 13.7. The van der Waals surface area contributed by atoms with Crippen LogP contribution in [0.3, 0.4) is 0 Å². The number of fused-ring (bicyclic) bond motifs is 1. The Kier molecular flexibility index (Phi) is 5.00. The van der Waals surface area contributed by atoms with Gasteiger partial charge in [0.05, 0.1) is 26.6 Å². The molecule has 0 aliphatic carbocycles. The smallest absolute Gasteiger partial charge is 0.264 e. The molecule has 5 nitrogen and oxygen atoms in total. The number of nitrogens with zero attached hydrogens (tertiary/aromatic N) is 3. The number of hydrogen-bond donors (Lipinski definition) is 1. The topological polar surface area (TPSA) is 59.3 Å². The van der Waals surface area contributed by atoms with Gasteiger partial charge in [-0.1, -0.05) is 50.6 Å². The Balaban J connectivity index is 1.66. The van der Waals surface area contributed by atoms with E-state index in [-0.39, 0.29) is 11.3 Å². The van der Waals surface area contributed by atoms with Crippen LogP contribution < -0.4 is 5.32 Å². The second-order valence-corrected chi connectivity index (χ2v) is 9.36. The number of aliphatic imine (C=N–C) groups is 1. The number of thioether (sulfide) groups is 1. The number of nitrogens with one attached hydrogen (secondary N) is 1. The van der Waals surface area contributed by atoms with Crippen molar-refractivity contribution >= 4 is 57.2 Å². The van der Waals surface area contributed by atoms with Crippen LogP contribution in [0.2, 0.25) is 5.02 Å². The van der Waals surface area contributed by atoms with Crippen molar-refractivity contribution in [1.82, 2.24) is 14.9 Å². The molecule has 1 aliphatic heterocycles. The fourth-order valence-corrected chi connectivity index (χ4v) is 4.26. The first kappa shape index (κ1) is 19.7. The molecular weight excluding hydrogens is 404 g/mol. The van der Waals surface area contributed by atoms with E-state index in [2.05, 4.69) is 41.7 Å². The first-order valence-electron chi connectivity index (χ1n) is 9.23. The Morgan fingerprint density at radius 3 is 2.69 bits per heavy atom. The van der Waals surface area contributed by atoms with Gasteiger partial charge in [-0.3, -0.25) is 4.79 Å². The van der Waals surface area contributed by atoms with E-state index in [1.165, 1.54) is 11.8 Å². The molecule has 3 aromatic rings. The minimum atomic E-state index is -0.165. The Morgan fingerprint density at radius 2 is 1.97 bits per heavy atom. The summed E-state index contributed by atoms with van der Waals surface area (Å²) in [6.45, 7) is 6.45. The minimum Gasteiger partial charge on any atom is -0.331 e. The molecule has 1 N–H and O–H groups in total. The van der Waals surface area contributed by atoms with E-state index in [0.29, 0.717) is 20.8 Å². The van der Waals surface area contributed by atoms with Crippen molar-refractivity contribution in [2.75, 3.05) is 0 Å². The molecule has 0 bridgehead atoms. The number of aryl methyl sites for hydroxylation is 1. The van der Waals surface area contributed by atoms with Crippen LogP contribution in [0.1, 0.15) is 32.2 Å². The Labute approximate surface area is 178 Å². The van der Waals surface area contributed by atoms with Gasteiger partial charge in [0.1, 0.15) is 5.82 Å². The second-order valence-electron chi connectivity index (χ2n) is 7.93. The summed E-state index contributed by atoms with van der Waals surface area (Å²) in [7, 11) is 2.03. The van der Waals surface area contributed by atoms with Gasteiger partial charge in [0.25, 0.3) is 5.91 Å². The third kappa shape index (κ3) is 3.95. The summed E-state index contributed by atoms with van der Waals surface area (Å²) >= 11 is 7.46. The quantitative estimate of drug-likeness (QED) is 0.559. The number of para-hydroxylation sites is 1. The van der Waals surface area contributed by atoms with Crippen molar-refractivity contribution in [3.8, 4) is 0 Å². The van der Waals surface area contributed by atoms with E-state index >= 15 is 0 Å². The molecule has 1 amide bonds. The highest BCUT2D eigenvalue weighted by Crippen LogP contribution is 2.32. The van der Waals surface area contributed by atoms with Gasteiger partial charge < -0.3 is 9.88 Å². The molecule has 7 heteroatoms. The van der Waals surface area contributed by atoms with Crippen molar-refractivity contribution in [2.24, 2.45) is 12.0 Å². The normalized spacial score (nSPS) is 17.5. The van der Waals surface area contributed by atoms with Crippen LogP contribution in [0.5, 0.6) is 0 Å². The highest BCUT2D eigenvalue weighted by molar-refractivity contribution is 8.18. The van der Waals surface area contributed by atoms with Gasteiger partial charge in [0, 0.05) is 12.5 Å². The third-order valence-electron chi connectivity index (χ3n) is 4.60. The molecule has 1 aliphatic rings. The molecule has 4 rings (SSSR count). The zero-order chi connectivity index (χ0) is 20.8. The van der Waals surface area contributed by atoms with Crippen LogP contribution in [0.25, 0.3) is 17.1 Å². The molecular formula is C22H21ClN4OS. The lowest BCUT2D eigenvalue weighted by Crippen LogP contribution is -2.19. The SMILES string of the molecule is Cn1c(C(C)(C)C)nc2ccc(C=C3SC(=Nc4ccccc4Cl)NC3=O)cc21. The molecule has 0 saturated carbocycles. The highest BCUT2D eigenvalue weighted by Gasteiger charge is 2.25. The van der Waals surface area contributed by atoms with Crippen LogP contribution in [0.15, 0.2) is 52.4 Å². The van der Waals surface area contributed by atoms with Crippen molar-refractivity contribution in [1.29, 1.82) is 0 Å². The van der Waals surface area contributed by atoms with Crippen LogP contribution >= 0.6 is 23.4 Å². The van der Waals surface area contributed by atoms with Gasteiger partial charge in [-0.05, 0) is 47.7 Å². The number of rotatable bonds is 2. The highest BCUT2D eigenvalue weighted by atomic mass is 35.5. The number of imidazole rings is 1. The van der Waals surface area contributed by atoms with E-state index in [0.717, 1.165) is 22.4 Å². The maximum Gasteiger partial charge on any atom is 0.264 e. The summed E-state index contributed by atoms with van der Waals surface area (Å²) in [6, 6.07) is 13.3. The van der Waals surface area contributed by atoms with Crippen LogP contribution in [0.4, 0.5) is 5.69 Å². The molecule has 1 fully saturated rings. The zero-order valence-corrected chi connectivity index (χ0v) is 18.2. The summed E-state index contributed by atoms with van der Waals surface area (Å²) in [5.74, 6) is 0.862. The van der Waals surface area contributed by atoms with Gasteiger partial charge in [-0.15, -0.1) is 0 Å². The minimum absolute atomic E-state index is 0.0440. The molecule has 29 heavy (non-hydrogen) atoms. The lowest BCUT2D eigenvalue weighted by Gasteiger charge is -2.17. The van der Waals surface area contributed by atoms with E-state index in [1.807, 2.05) is 43.5 Å². The number of benzene rings is 2. The fraction of sp³-hybridized carbons (Fsp3) is 0.227. The van der Waals surface area contributed by atoms with E-state index in [4.69, 9.17) is 16.6 Å². The summed E-state index contributed by atoms with van der Waals surface area (Å²) < 4.78 is 2.11. The van der Waals surface area contributed by atoms with Gasteiger partial charge >= 0.3 is 0 Å². The zero-order valence-electron chi connectivity index (χ0n) is 16.7. The average molecular weight is 425 g/mol. The molecule has 0 radical (unpaired) electrons. The summed E-state index contributed by atoms with van der Waals surface area (Å²) in [5, 5.41) is 3.87. The fourth-order valence-electron chi connectivity index (χ4n) is 3.25. The Bertz CT molecular complexity index is 1190. The summed E-state index contributed by atoms with van der Waals surface area (Å²) in [5.41, 5.74) is 3.51. The molecule has 0 spiro atoms. The van der Waals surface area contributed by atoms with Crippen molar-refractivity contribution in [3.05, 3.63) is 63.8 Å². The average Bonchev–Trinajstić information content (AvgIpc) is 3.17. The monoisotopic (exact) mass is 424 g/mol. The van der Waals surface area contributed by atoms with Crippen molar-refractivity contribution in [2.45, 2.75) is 26.2 Å². The maximum absolute atomic E-state index is 12.4. The summed E-state index contributed by atoms with van der Waals surface area (Å²) in [6.07, 6.45) is 1.87. The van der Waals surface area contributed by atoms with E-state index in [1.54, 1.807) is 6.07 Å². The van der Waals surface area contributed by atoms with Crippen LogP contribution in [-0.2, 0) is 17.3 Å². The molecule has 1 saturated heterocycles. The predicted octanol–water partition coefficient (Wildman–Crippen LogP) is 5.42. The number of carbonyl (C=O) groups excluding carboxylic acids is 1. The molecule has 2 heterocycles. The second kappa shape index (κ2) is 7.35. The van der Waals surface area contributed by atoms with Crippen LogP contribution in [-0.4, -0.2) is 20.6 Å². The standard InChI is InChI=1S/C22H21ClN4OS/c1-22(2,3)20-24-16-10-9-13(11-17(16)27(20)4)12-18-19(28)26-21(29-18)25-15-8-6-5-7-14(15)23/h5-12H,1-4H3,(H,25,26,28). The number of carbonyl (C=O) groups is 1. The first-order valence-corrected chi connectivity index (χ1v) is 10.4. The van der Waals surface area contributed by atoms with Crippen molar-refractivity contribution in [3.63, 3.8) is 0 Å². The van der Waals surface area contributed by atoms with Crippen molar-refractivity contribution < 1.29 is 4.79 Å². The number of aromatic nitrogens is 2. The van der Waals surface area contributed by atoms with Gasteiger partial charge in [0.2, 0.25) is 0 Å². The summed E-state index contributed by atoms with van der Waals surface area (Å²) in [4.78, 5) is 22.2. The van der Waals surface area contributed by atoms with Gasteiger partial charge in [0.15, 0.2) is 5.17 Å². The molecule has 0 atom stereocenters. The molecule has 1 aromatic heterocycles. The number of amidine groups is 1. The number of amides is 1.